The monoisotopic (exact) mass is 426 g/mol. The van der Waals surface area contributed by atoms with Crippen LogP contribution in [-0.2, 0) is 0 Å². The van der Waals surface area contributed by atoms with Crippen LogP contribution in [0, 0.1) is 0 Å². The Labute approximate surface area is 187 Å². The standard InChI is InChI=1S/C27H26N2OS/c1-29(2)23-15-13-20(14-16-23)27(31-26-10-6-5-9-24(26)28)18-25(30)22-12-11-19-7-3-4-8-21(19)17-22/h3-17,27H,18,28H2,1-2H3/t27-/m0/s1. The van der Waals surface area contributed by atoms with Gasteiger partial charge in [-0.1, -0.05) is 60.7 Å². The SMILES string of the molecule is CN(C)c1ccc([C@H](CC(=O)c2ccc3ccccc3c2)Sc2ccccc2N)cc1. The van der Waals surface area contributed by atoms with Crippen molar-refractivity contribution in [3.8, 4) is 0 Å². The number of Topliss-reactive ketones (excluding diaryl/α,β-unsaturated/α-hetero) is 1. The van der Waals surface area contributed by atoms with Crippen molar-refractivity contribution in [2.24, 2.45) is 0 Å². The van der Waals surface area contributed by atoms with Crippen LogP contribution in [0.3, 0.4) is 0 Å². The Morgan fingerprint density at radius 3 is 2.26 bits per heavy atom. The number of carbonyl (C=O) groups is 1. The maximum Gasteiger partial charge on any atom is 0.164 e. The van der Waals surface area contributed by atoms with E-state index >= 15 is 0 Å². The van der Waals surface area contributed by atoms with E-state index in [9.17, 15) is 4.79 Å². The van der Waals surface area contributed by atoms with E-state index in [0.29, 0.717) is 6.42 Å². The molecule has 3 nitrogen and oxygen atoms in total. The Balaban J connectivity index is 1.64. The van der Waals surface area contributed by atoms with Gasteiger partial charge in [-0.2, -0.15) is 0 Å². The first-order chi connectivity index (χ1) is 15.0. The summed E-state index contributed by atoms with van der Waals surface area (Å²) in [6.07, 6.45) is 0.401. The fraction of sp³-hybridized carbons (Fsp3) is 0.148. The summed E-state index contributed by atoms with van der Waals surface area (Å²) in [7, 11) is 4.05. The van der Waals surface area contributed by atoms with Gasteiger partial charge in [-0.3, -0.25) is 4.79 Å². The molecule has 0 aliphatic heterocycles. The second-order valence-electron chi connectivity index (χ2n) is 7.82. The van der Waals surface area contributed by atoms with Gasteiger partial charge in [0, 0.05) is 47.6 Å². The number of nitrogens with two attached hydrogens (primary N) is 1. The van der Waals surface area contributed by atoms with E-state index in [0.717, 1.165) is 38.2 Å². The molecule has 4 aromatic carbocycles. The van der Waals surface area contributed by atoms with Gasteiger partial charge in [-0.05, 0) is 46.7 Å². The average molecular weight is 427 g/mol. The predicted octanol–water partition coefficient (Wildman–Crippen LogP) is 6.59. The minimum atomic E-state index is -0.0279. The lowest BCUT2D eigenvalue weighted by Crippen LogP contribution is -2.09. The van der Waals surface area contributed by atoms with Crippen molar-refractivity contribution in [2.45, 2.75) is 16.6 Å². The van der Waals surface area contributed by atoms with Gasteiger partial charge in [0.2, 0.25) is 0 Å². The molecule has 31 heavy (non-hydrogen) atoms. The van der Waals surface area contributed by atoms with Gasteiger partial charge >= 0.3 is 0 Å². The molecule has 2 N–H and O–H groups in total. The predicted molar refractivity (Wildman–Crippen MR) is 133 cm³/mol. The number of hydrogen-bond acceptors (Lipinski definition) is 4. The van der Waals surface area contributed by atoms with E-state index in [-0.39, 0.29) is 11.0 Å². The summed E-state index contributed by atoms with van der Waals surface area (Å²) in [5.41, 5.74) is 9.94. The molecular formula is C27H26N2OS. The first-order valence-corrected chi connectivity index (χ1v) is 11.2. The normalized spacial score (nSPS) is 11.9. The number of fused-ring (bicyclic) bond motifs is 1. The molecule has 0 spiro atoms. The molecule has 0 heterocycles. The molecule has 0 aromatic heterocycles. The number of nitrogen functional groups attached to an aromatic ring is 1. The van der Waals surface area contributed by atoms with E-state index in [4.69, 9.17) is 5.73 Å². The fourth-order valence-electron chi connectivity index (χ4n) is 3.60. The first-order valence-electron chi connectivity index (χ1n) is 10.3. The van der Waals surface area contributed by atoms with Crippen LogP contribution in [0.1, 0.15) is 27.6 Å². The van der Waals surface area contributed by atoms with E-state index < -0.39 is 0 Å². The van der Waals surface area contributed by atoms with Crippen molar-refractivity contribution < 1.29 is 4.79 Å². The summed E-state index contributed by atoms with van der Waals surface area (Å²) in [5, 5.41) is 2.20. The summed E-state index contributed by atoms with van der Waals surface area (Å²) >= 11 is 1.65. The topological polar surface area (TPSA) is 46.3 Å². The van der Waals surface area contributed by atoms with Gasteiger partial charge < -0.3 is 10.6 Å². The first kappa shape index (κ1) is 21.0. The molecule has 0 aliphatic rings. The summed E-state index contributed by atoms with van der Waals surface area (Å²) in [6, 6.07) is 30.3. The molecular weight excluding hydrogens is 400 g/mol. The van der Waals surface area contributed by atoms with Gasteiger partial charge in [0.15, 0.2) is 5.78 Å². The number of hydrogen-bond donors (Lipinski definition) is 1. The zero-order valence-corrected chi connectivity index (χ0v) is 18.6. The van der Waals surface area contributed by atoms with E-state index in [1.807, 2.05) is 74.8 Å². The Hall–Kier alpha value is -3.24. The highest BCUT2D eigenvalue weighted by Crippen LogP contribution is 2.41. The van der Waals surface area contributed by atoms with E-state index in [1.165, 1.54) is 0 Å². The lowest BCUT2D eigenvalue weighted by atomic mass is 9.99. The Bertz CT molecular complexity index is 1200. The molecule has 0 saturated carbocycles. The fourth-order valence-corrected chi connectivity index (χ4v) is 4.80. The van der Waals surface area contributed by atoms with Crippen LogP contribution in [0.25, 0.3) is 10.8 Å². The molecule has 156 valence electrons. The summed E-state index contributed by atoms with van der Waals surface area (Å²) in [5.74, 6) is 0.134. The third-order valence-electron chi connectivity index (χ3n) is 5.41. The number of nitrogens with zero attached hydrogens (tertiary/aromatic N) is 1. The molecule has 0 amide bonds. The summed E-state index contributed by atoms with van der Waals surface area (Å²) in [6.45, 7) is 0. The third-order valence-corrected chi connectivity index (χ3v) is 6.76. The van der Waals surface area contributed by atoms with Crippen molar-refractivity contribution in [3.05, 3.63) is 102 Å². The van der Waals surface area contributed by atoms with Crippen LogP contribution in [0.15, 0.2) is 95.9 Å². The van der Waals surface area contributed by atoms with Crippen LogP contribution < -0.4 is 10.6 Å². The van der Waals surface area contributed by atoms with Crippen molar-refractivity contribution in [1.29, 1.82) is 0 Å². The highest BCUT2D eigenvalue weighted by Gasteiger charge is 2.20. The van der Waals surface area contributed by atoms with Crippen LogP contribution in [-0.4, -0.2) is 19.9 Å². The van der Waals surface area contributed by atoms with E-state index in [1.54, 1.807) is 11.8 Å². The zero-order valence-electron chi connectivity index (χ0n) is 17.8. The quantitative estimate of drug-likeness (QED) is 0.206. The van der Waals surface area contributed by atoms with Crippen LogP contribution >= 0.6 is 11.8 Å². The highest BCUT2D eigenvalue weighted by molar-refractivity contribution is 7.99. The van der Waals surface area contributed by atoms with Crippen molar-refractivity contribution in [3.63, 3.8) is 0 Å². The third kappa shape index (κ3) is 4.92. The number of anilines is 2. The molecule has 4 heteroatoms. The number of carbonyl (C=O) groups excluding carboxylic acids is 1. The van der Waals surface area contributed by atoms with Crippen molar-refractivity contribution in [1.82, 2.24) is 0 Å². The highest BCUT2D eigenvalue weighted by atomic mass is 32.2. The molecule has 0 aliphatic carbocycles. The Morgan fingerprint density at radius 2 is 1.55 bits per heavy atom. The maximum absolute atomic E-state index is 13.3. The Morgan fingerprint density at radius 1 is 0.871 bits per heavy atom. The number of rotatable bonds is 7. The molecule has 1 atom stereocenters. The van der Waals surface area contributed by atoms with E-state index in [2.05, 4.69) is 35.2 Å². The molecule has 4 aromatic rings. The molecule has 0 fully saturated rings. The summed E-state index contributed by atoms with van der Waals surface area (Å²) < 4.78 is 0. The average Bonchev–Trinajstić information content (AvgIpc) is 2.79. The molecule has 0 bridgehead atoms. The molecule has 4 rings (SSSR count). The summed E-state index contributed by atoms with van der Waals surface area (Å²) in [4.78, 5) is 16.3. The second kappa shape index (κ2) is 9.27. The van der Waals surface area contributed by atoms with Gasteiger partial charge in [-0.15, -0.1) is 11.8 Å². The van der Waals surface area contributed by atoms with Crippen LogP contribution in [0.4, 0.5) is 11.4 Å². The number of thioether (sulfide) groups is 1. The lowest BCUT2D eigenvalue weighted by Gasteiger charge is -2.19. The largest absolute Gasteiger partial charge is 0.398 e. The second-order valence-corrected chi connectivity index (χ2v) is 9.06. The van der Waals surface area contributed by atoms with Gasteiger partial charge in [0.1, 0.15) is 0 Å². The smallest absolute Gasteiger partial charge is 0.164 e. The van der Waals surface area contributed by atoms with Crippen molar-refractivity contribution in [2.75, 3.05) is 24.7 Å². The minimum absolute atomic E-state index is 0.0279. The van der Waals surface area contributed by atoms with Crippen LogP contribution in [0.2, 0.25) is 0 Å². The van der Waals surface area contributed by atoms with Crippen LogP contribution in [0.5, 0.6) is 0 Å². The minimum Gasteiger partial charge on any atom is -0.398 e. The van der Waals surface area contributed by atoms with Gasteiger partial charge in [0.25, 0.3) is 0 Å². The Kier molecular flexibility index (Phi) is 6.28. The number of ketones is 1. The van der Waals surface area contributed by atoms with Gasteiger partial charge in [0.05, 0.1) is 0 Å². The number of benzene rings is 4. The number of para-hydroxylation sites is 1. The molecule has 0 saturated heterocycles. The lowest BCUT2D eigenvalue weighted by molar-refractivity contribution is 0.0982. The molecule has 0 radical (unpaired) electrons. The van der Waals surface area contributed by atoms with Crippen molar-refractivity contribution >= 4 is 39.7 Å². The molecule has 0 unspecified atom stereocenters. The van der Waals surface area contributed by atoms with Gasteiger partial charge in [-0.25, -0.2) is 0 Å². The zero-order chi connectivity index (χ0) is 21.8. The maximum atomic E-state index is 13.3.